The van der Waals surface area contributed by atoms with E-state index < -0.39 is 0 Å². The van der Waals surface area contributed by atoms with E-state index in [0.717, 1.165) is 19.3 Å². The monoisotopic (exact) mass is 305 g/mol. The van der Waals surface area contributed by atoms with Gasteiger partial charge in [-0.2, -0.15) is 0 Å². The van der Waals surface area contributed by atoms with E-state index >= 15 is 0 Å². The molecule has 2 amide bonds. The largest absolute Gasteiger partial charge is 0.344 e. The number of carbonyl (C=O) groups is 2. The fraction of sp³-hybridized carbons (Fsp3) is 0.857. The number of amides is 2. The molecule has 1 rings (SSSR count). The first-order chi connectivity index (χ1) is 8.85. The molecule has 0 aromatic heterocycles. The molecule has 0 saturated carbocycles. The van der Waals surface area contributed by atoms with Crippen molar-refractivity contribution in [1.82, 2.24) is 9.80 Å². The average Bonchev–Trinajstić information content (AvgIpc) is 2.54. The van der Waals surface area contributed by atoms with Crippen molar-refractivity contribution >= 4 is 24.2 Å². The standard InChI is InChI=1S/C14H27N3O2.ClH/c1-14(2,10-15)11-16(3)13(19)9-17-8-6-4-5-7-12(17)18;/h4-11,15H2,1-3H3;1H. The fourth-order valence-corrected chi connectivity index (χ4v) is 2.28. The van der Waals surface area contributed by atoms with Crippen LogP contribution in [-0.4, -0.2) is 54.8 Å². The Bertz CT molecular complexity index is 334. The summed E-state index contributed by atoms with van der Waals surface area (Å²) in [4.78, 5) is 27.4. The van der Waals surface area contributed by atoms with E-state index in [-0.39, 0.29) is 36.2 Å². The summed E-state index contributed by atoms with van der Waals surface area (Å²) in [5.41, 5.74) is 5.59. The van der Waals surface area contributed by atoms with Gasteiger partial charge in [0.1, 0.15) is 0 Å². The third kappa shape index (κ3) is 6.09. The van der Waals surface area contributed by atoms with Crippen molar-refractivity contribution in [2.45, 2.75) is 39.5 Å². The van der Waals surface area contributed by atoms with Crippen molar-refractivity contribution in [1.29, 1.82) is 0 Å². The lowest BCUT2D eigenvalue weighted by Crippen LogP contribution is -2.45. The van der Waals surface area contributed by atoms with Crippen LogP contribution < -0.4 is 5.73 Å². The van der Waals surface area contributed by atoms with Gasteiger partial charge in [0, 0.05) is 26.6 Å². The molecule has 1 aliphatic heterocycles. The van der Waals surface area contributed by atoms with Gasteiger partial charge in [-0.1, -0.05) is 20.3 Å². The van der Waals surface area contributed by atoms with Gasteiger partial charge in [0.2, 0.25) is 11.8 Å². The lowest BCUT2D eigenvalue weighted by atomic mass is 9.93. The minimum atomic E-state index is -0.0901. The molecular weight excluding hydrogens is 278 g/mol. The van der Waals surface area contributed by atoms with E-state index in [1.807, 2.05) is 13.8 Å². The van der Waals surface area contributed by atoms with Crippen LogP contribution in [0.5, 0.6) is 0 Å². The highest BCUT2D eigenvalue weighted by Crippen LogP contribution is 2.15. The number of likely N-dealkylation sites (N-methyl/N-ethyl adjacent to an activating group) is 1. The van der Waals surface area contributed by atoms with Crippen molar-refractivity contribution in [3.63, 3.8) is 0 Å². The summed E-state index contributed by atoms with van der Waals surface area (Å²) >= 11 is 0. The predicted octanol–water partition coefficient (Wildman–Crippen LogP) is 1.25. The van der Waals surface area contributed by atoms with Gasteiger partial charge < -0.3 is 15.5 Å². The first kappa shape index (κ1) is 19.2. The number of carbonyl (C=O) groups excluding carboxylic acids is 2. The van der Waals surface area contributed by atoms with E-state index in [4.69, 9.17) is 5.73 Å². The molecule has 1 aliphatic rings. The third-order valence-corrected chi connectivity index (χ3v) is 3.64. The Labute approximate surface area is 128 Å². The summed E-state index contributed by atoms with van der Waals surface area (Å²) < 4.78 is 0. The maximum absolute atomic E-state index is 12.2. The van der Waals surface area contributed by atoms with Gasteiger partial charge in [0.15, 0.2) is 0 Å². The van der Waals surface area contributed by atoms with Crippen LogP contribution in [0.15, 0.2) is 0 Å². The summed E-state index contributed by atoms with van der Waals surface area (Å²) in [6, 6.07) is 0. The van der Waals surface area contributed by atoms with E-state index in [1.165, 1.54) is 0 Å². The number of nitrogens with zero attached hydrogens (tertiary/aromatic N) is 2. The number of nitrogens with two attached hydrogens (primary N) is 1. The number of hydrogen-bond donors (Lipinski definition) is 1. The number of hydrogen-bond acceptors (Lipinski definition) is 3. The lowest BCUT2D eigenvalue weighted by molar-refractivity contribution is -0.140. The Balaban J connectivity index is 0.00000361. The number of halogens is 1. The molecule has 0 aromatic rings. The molecular formula is C14H28ClN3O2. The smallest absolute Gasteiger partial charge is 0.241 e. The minimum absolute atomic E-state index is 0. The van der Waals surface area contributed by atoms with Crippen LogP contribution in [0.3, 0.4) is 0 Å². The average molecular weight is 306 g/mol. The maximum Gasteiger partial charge on any atom is 0.241 e. The second-order valence-corrected chi connectivity index (χ2v) is 6.24. The van der Waals surface area contributed by atoms with Crippen molar-refractivity contribution in [3.8, 4) is 0 Å². The molecule has 0 radical (unpaired) electrons. The van der Waals surface area contributed by atoms with Gasteiger partial charge in [-0.25, -0.2) is 0 Å². The fourth-order valence-electron chi connectivity index (χ4n) is 2.28. The van der Waals surface area contributed by atoms with E-state index in [9.17, 15) is 9.59 Å². The molecule has 1 fully saturated rings. The Morgan fingerprint density at radius 1 is 1.35 bits per heavy atom. The Hall–Kier alpha value is -0.810. The SMILES string of the molecule is CN(CC(C)(C)CN)C(=O)CN1CCCCCC1=O.Cl. The predicted molar refractivity (Wildman–Crippen MR) is 82.8 cm³/mol. The van der Waals surface area contributed by atoms with Crippen LogP contribution in [-0.2, 0) is 9.59 Å². The molecule has 118 valence electrons. The van der Waals surface area contributed by atoms with Gasteiger partial charge >= 0.3 is 0 Å². The van der Waals surface area contributed by atoms with Gasteiger partial charge in [0.25, 0.3) is 0 Å². The zero-order valence-corrected chi connectivity index (χ0v) is 13.7. The summed E-state index contributed by atoms with van der Waals surface area (Å²) in [6.45, 7) is 6.13. The van der Waals surface area contributed by atoms with Crippen LogP contribution in [0.2, 0.25) is 0 Å². The summed E-state index contributed by atoms with van der Waals surface area (Å²) in [7, 11) is 1.78. The van der Waals surface area contributed by atoms with Crippen LogP contribution in [0, 0.1) is 5.41 Å². The number of rotatable bonds is 5. The first-order valence-electron chi connectivity index (χ1n) is 7.07. The Morgan fingerprint density at radius 2 is 2.00 bits per heavy atom. The van der Waals surface area contributed by atoms with Gasteiger partial charge in [-0.3, -0.25) is 9.59 Å². The molecule has 1 heterocycles. The zero-order valence-electron chi connectivity index (χ0n) is 12.9. The molecule has 2 N–H and O–H groups in total. The summed E-state index contributed by atoms with van der Waals surface area (Å²) in [5, 5.41) is 0. The highest BCUT2D eigenvalue weighted by molar-refractivity contribution is 5.85. The molecule has 0 aliphatic carbocycles. The van der Waals surface area contributed by atoms with E-state index in [2.05, 4.69) is 0 Å². The maximum atomic E-state index is 12.2. The molecule has 0 bridgehead atoms. The molecule has 0 atom stereocenters. The summed E-state index contributed by atoms with van der Waals surface area (Å²) in [5.74, 6) is 0.106. The highest BCUT2D eigenvalue weighted by Gasteiger charge is 2.24. The highest BCUT2D eigenvalue weighted by atomic mass is 35.5. The second kappa shape index (κ2) is 8.47. The number of likely N-dealkylation sites (tertiary alicyclic amines) is 1. The van der Waals surface area contributed by atoms with Gasteiger partial charge in [-0.15, -0.1) is 12.4 Å². The van der Waals surface area contributed by atoms with Crippen molar-refractivity contribution in [3.05, 3.63) is 0 Å². The van der Waals surface area contributed by atoms with Crippen LogP contribution >= 0.6 is 12.4 Å². The Morgan fingerprint density at radius 3 is 2.60 bits per heavy atom. The Kier molecular flexibility index (Phi) is 8.13. The zero-order chi connectivity index (χ0) is 14.5. The molecule has 0 aromatic carbocycles. The first-order valence-corrected chi connectivity index (χ1v) is 7.07. The van der Waals surface area contributed by atoms with Gasteiger partial charge in [-0.05, 0) is 24.8 Å². The molecule has 6 heteroatoms. The van der Waals surface area contributed by atoms with Crippen molar-refractivity contribution < 1.29 is 9.59 Å². The topological polar surface area (TPSA) is 66.6 Å². The molecule has 5 nitrogen and oxygen atoms in total. The second-order valence-electron chi connectivity index (χ2n) is 6.24. The summed E-state index contributed by atoms with van der Waals surface area (Å²) in [6.07, 6.45) is 3.59. The van der Waals surface area contributed by atoms with Crippen LogP contribution in [0.1, 0.15) is 39.5 Å². The van der Waals surface area contributed by atoms with E-state index in [1.54, 1.807) is 16.8 Å². The normalized spacial score (nSPS) is 16.4. The van der Waals surface area contributed by atoms with Crippen molar-refractivity contribution in [2.75, 3.05) is 33.2 Å². The van der Waals surface area contributed by atoms with Crippen LogP contribution in [0.25, 0.3) is 0 Å². The minimum Gasteiger partial charge on any atom is -0.344 e. The van der Waals surface area contributed by atoms with Crippen molar-refractivity contribution in [2.24, 2.45) is 11.1 Å². The van der Waals surface area contributed by atoms with E-state index in [0.29, 0.717) is 26.1 Å². The lowest BCUT2D eigenvalue weighted by Gasteiger charge is -2.30. The van der Waals surface area contributed by atoms with Crippen LogP contribution in [0.4, 0.5) is 0 Å². The molecule has 0 spiro atoms. The molecule has 0 unspecified atom stereocenters. The molecule has 1 saturated heterocycles. The van der Waals surface area contributed by atoms with Gasteiger partial charge in [0.05, 0.1) is 6.54 Å². The quantitative estimate of drug-likeness (QED) is 0.831. The molecule has 20 heavy (non-hydrogen) atoms. The third-order valence-electron chi connectivity index (χ3n) is 3.64.